The van der Waals surface area contributed by atoms with Crippen LogP contribution in [-0.4, -0.2) is 49.5 Å². The van der Waals surface area contributed by atoms with Gasteiger partial charge in [0.1, 0.15) is 0 Å². The zero-order valence-corrected chi connectivity index (χ0v) is 13.3. The van der Waals surface area contributed by atoms with E-state index in [9.17, 15) is 4.79 Å². The lowest BCUT2D eigenvalue weighted by Crippen LogP contribution is -2.35. The van der Waals surface area contributed by atoms with Crippen LogP contribution in [0.1, 0.15) is 30.6 Å². The van der Waals surface area contributed by atoms with Crippen molar-refractivity contribution in [2.24, 2.45) is 11.7 Å². The summed E-state index contributed by atoms with van der Waals surface area (Å²) in [5, 5.41) is 4.40. The molecule has 1 aliphatic rings. The second-order valence-corrected chi connectivity index (χ2v) is 6.19. The summed E-state index contributed by atoms with van der Waals surface area (Å²) >= 11 is 0. The molecule has 1 amide bonds. The number of aromatic nitrogens is 4. The molecule has 7 nitrogen and oxygen atoms in total. The SMILES string of the molecule is Cc1cc(C)n2nc(CC(=O)N3CC(CN)CC3C)nc2n1. The number of carbonyl (C=O) groups excluding carboxylic acids is 1. The van der Waals surface area contributed by atoms with Crippen LogP contribution in [0.4, 0.5) is 0 Å². The van der Waals surface area contributed by atoms with Gasteiger partial charge >= 0.3 is 0 Å². The van der Waals surface area contributed by atoms with Crippen LogP contribution in [0.2, 0.25) is 0 Å². The molecule has 1 saturated heterocycles. The number of rotatable bonds is 3. The van der Waals surface area contributed by atoms with Gasteiger partial charge in [-0.05, 0) is 45.7 Å². The molecule has 7 heteroatoms. The number of nitrogens with two attached hydrogens (primary N) is 1. The first kappa shape index (κ1) is 14.9. The Kier molecular flexibility index (Phi) is 3.82. The Labute approximate surface area is 129 Å². The fourth-order valence-electron chi connectivity index (χ4n) is 3.18. The van der Waals surface area contributed by atoms with Gasteiger partial charge in [0.2, 0.25) is 5.91 Å². The van der Waals surface area contributed by atoms with Crippen LogP contribution in [0.25, 0.3) is 5.78 Å². The van der Waals surface area contributed by atoms with Crippen molar-refractivity contribution in [3.63, 3.8) is 0 Å². The number of likely N-dealkylation sites (tertiary alicyclic amines) is 1. The van der Waals surface area contributed by atoms with Gasteiger partial charge in [-0.1, -0.05) is 0 Å². The fraction of sp³-hybridized carbons (Fsp3) is 0.600. The maximum absolute atomic E-state index is 12.5. The smallest absolute Gasteiger partial charge is 0.252 e. The van der Waals surface area contributed by atoms with E-state index in [1.165, 1.54) is 0 Å². The van der Waals surface area contributed by atoms with Crippen molar-refractivity contribution in [1.29, 1.82) is 0 Å². The van der Waals surface area contributed by atoms with Gasteiger partial charge in [0.25, 0.3) is 5.78 Å². The van der Waals surface area contributed by atoms with Gasteiger partial charge in [0.15, 0.2) is 5.82 Å². The van der Waals surface area contributed by atoms with Crippen LogP contribution < -0.4 is 5.73 Å². The highest BCUT2D eigenvalue weighted by atomic mass is 16.2. The van der Waals surface area contributed by atoms with Crippen LogP contribution in [-0.2, 0) is 11.2 Å². The average molecular weight is 302 g/mol. The topological polar surface area (TPSA) is 89.4 Å². The van der Waals surface area contributed by atoms with Gasteiger partial charge in [0, 0.05) is 24.0 Å². The fourth-order valence-corrected chi connectivity index (χ4v) is 3.18. The van der Waals surface area contributed by atoms with Crippen molar-refractivity contribution in [1.82, 2.24) is 24.5 Å². The highest BCUT2D eigenvalue weighted by molar-refractivity contribution is 5.78. The summed E-state index contributed by atoms with van der Waals surface area (Å²) < 4.78 is 1.69. The Morgan fingerprint density at radius 2 is 2.18 bits per heavy atom. The molecule has 2 N–H and O–H groups in total. The summed E-state index contributed by atoms with van der Waals surface area (Å²) in [6, 6.07) is 2.18. The number of hydrogen-bond acceptors (Lipinski definition) is 5. The predicted octanol–water partition coefficient (Wildman–Crippen LogP) is 0.479. The molecule has 3 heterocycles. The summed E-state index contributed by atoms with van der Waals surface area (Å²) in [7, 11) is 0. The van der Waals surface area contributed by atoms with Crippen LogP contribution in [0.15, 0.2) is 6.07 Å². The largest absolute Gasteiger partial charge is 0.339 e. The molecule has 0 aliphatic carbocycles. The molecule has 2 aromatic rings. The molecule has 2 aromatic heterocycles. The standard InChI is InChI=1S/C15H22N6O/c1-9-4-11(3)21-15(17-9)18-13(19-21)6-14(22)20-8-12(7-16)5-10(20)2/h4,10,12H,5-8,16H2,1-3H3. The quantitative estimate of drug-likeness (QED) is 0.890. The molecule has 0 aromatic carbocycles. The van der Waals surface area contributed by atoms with E-state index in [4.69, 9.17) is 5.73 Å². The normalized spacial score (nSPS) is 21.7. The van der Waals surface area contributed by atoms with E-state index in [2.05, 4.69) is 22.0 Å². The minimum Gasteiger partial charge on any atom is -0.339 e. The molecule has 0 spiro atoms. The third kappa shape index (κ3) is 2.68. The Balaban J connectivity index is 1.78. The maximum atomic E-state index is 12.5. The minimum absolute atomic E-state index is 0.0636. The summed E-state index contributed by atoms with van der Waals surface area (Å²) in [6.07, 6.45) is 1.18. The van der Waals surface area contributed by atoms with Gasteiger partial charge in [-0.15, -0.1) is 5.10 Å². The van der Waals surface area contributed by atoms with E-state index in [-0.39, 0.29) is 18.4 Å². The predicted molar refractivity (Wildman–Crippen MR) is 82.3 cm³/mol. The van der Waals surface area contributed by atoms with Gasteiger partial charge in [0.05, 0.1) is 6.42 Å². The van der Waals surface area contributed by atoms with Crippen molar-refractivity contribution in [2.75, 3.05) is 13.1 Å². The molecule has 2 unspecified atom stereocenters. The van der Waals surface area contributed by atoms with E-state index in [1.807, 2.05) is 24.8 Å². The lowest BCUT2D eigenvalue weighted by molar-refractivity contribution is -0.131. The number of aryl methyl sites for hydroxylation is 2. The Morgan fingerprint density at radius 1 is 1.41 bits per heavy atom. The minimum atomic E-state index is 0.0636. The summed E-state index contributed by atoms with van der Waals surface area (Å²) in [4.78, 5) is 23.1. The van der Waals surface area contributed by atoms with Crippen LogP contribution in [0.3, 0.4) is 0 Å². The average Bonchev–Trinajstić information content (AvgIpc) is 3.01. The third-order valence-electron chi connectivity index (χ3n) is 4.29. The molecule has 0 bridgehead atoms. The molecule has 0 radical (unpaired) electrons. The third-order valence-corrected chi connectivity index (χ3v) is 4.29. The van der Waals surface area contributed by atoms with Gasteiger partial charge in [-0.25, -0.2) is 9.50 Å². The molecular weight excluding hydrogens is 280 g/mol. The van der Waals surface area contributed by atoms with Crippen molar-refractivity contribution in [3.8, 4) is 0 Å². The second-order valence-electron chi connectivity index (χ2n) is 6.19. The molecule has 118 valence electrons. The second kappa shape index (κ2) is 5.64. The first-order chi connectivity index (χ1) is 10.5. The summed E-state index contributed by atoms with van der Waals surface area (Å²) in [6.45, 7) is 7.31. The number of fused-ring (bicyclic) bond motifs is 1. The van der Waals surface area contributed by atoms with E-state index in [0.29, 0.717) is 24.1 Å². The van der Waals surface area contributed by atoms with Gasteiger partial charge in [-0.3, -0.25) is 4.79 Å². The summed E-state index contributed by atoms with van der Waals surface area (Å²) in [5.74, 6) is 1.54. The zero-order valence-electron chi connectivity index (χ0n) is 13.3. The van der Waals surface area contributed by atoms with Crippen molar-refractivity contribution in [2.45, 2.75) is 39.7 Å². The molecule has 3 rings (SSSR count). The number of hydrogen-bond donors (Lipinski definition) is 1. The molecule has 0 saturated carbocycles. The monoisotopic (exact) mass is 302 g/mol. The molecule has 22 heavy (non-hydrogen) atoms. The zero-order chi connectivity index (χ0) is 15.9. The van der Waals surface area contributed by atoms with E-state index < -0.39 is 0 Å². The van der Waals surface area contributed by atoms with Crippen molar-refractivity contribution >= 4 is 11.7 Å². The first-order valence-electron chi connectivity index (χ1n) is 7.67. The van der Waals surface area contributed by atoms with Crippen molar-refractivity contribution in [3.05, 3.63) is 23.3 Å². The van der Waals surface area contributed by atoms with Crippen LogP contribution in [0, 0.1) is 19.8 Å². The first-order valence-corrected chi connectivity index (χ1v) is 7.67. The summed E-state index contributed by atoms with van der Waals surface area (Å²) in [5.41, 5.74) is 7.58. The lowest BCUT2D eigenvalue weighted by atomic mass is 10.1. The van der Waals surface area contributed by atoms with E-state index >= 15 is 0 Å². The Morgan fingerprint density at radius 3 is 2.86 bits per heavy atom. The Bertz CT molecular complexity index is 709. The number of carbonyl (C=O) groups is 1. The highest BCUT2D eigenvalue weighted by Crippen LogP contribution is 2.22. The van der Waals surface area contributed by atoms with Crippen LogP contribution >= 0.6 is 0 Å². The number of nitrogens with zero attached hydrogens (tertiary/aromatic N) is 5. The van der Waals surface area contributed by atoms with Gasteiger partial charge in [-0.2, -0.15) is 4.98 Å². The molecule has 1 aliphatic heterocycles. The van der Waals surface area contributed by atoms with Crippen molar-refractivity contribution < 1.29 is 4.79 Å². The van der Waals surface area contributed by atoms with Gasteiger partial charge < -0.3 is 10.6 Å². The van der Waals surface area contributed by atoms with E-state index in [1.54, 1.807) is 4.52 Å². The molecule has 2 atom stereocenters. The maximum Gasteiger partial charge on any atom is 0.252 e. The number of amides is 1. The van der Waals surface area contributed by atoms with E-state index in [0.717, 1.165) is 24.4 Å². The van der Waals surface area contributed by atoms with Crippen LogP contribution in [0.5, 0.6) is 0 Å². The highest BCUT2D eigenvalue weighted by Gasteiger charge is 2.31. The molecule has 1 fully saturated rings. The lowest BCUT2D eigenvalue weighted by Gasteiger charge is -2.20. The molecular formula is C15H22N6O. The Hall–Kier alpha value is -2.02.